The van der Waals surface area contributed by atoms with Gasteiger partial charge in [0.25, 0.3) is 5.91 Å². The predicted octanol–water partition coefficient (Wildman–Crippen LogP) is 5.69. The smallest absolute Gasteiger partial charge is 0.306 e. The van der Waals surface area contributed by atoms with E-state index in [2.05, 4.69) is 25.6 Å². The standard InChI is InChI=1S/C28H27N5O3/c1-3-5-26(34)36-18-20-7-9-21(10-8-20)27(35)31-23-11-12-24(19(2)16-23)32-28-30-15-13-25(33-28)22-6-4-14-29-17-22/h4,6-17H,3,5,18H2,1-2H3,(H,31,35)(H,30,32,33). The molecule has 4 rings (SSSR count). The molecule has 2 aromatic carbocycles. The van der Waals surface area contributed by atoms with E-state index in [1.807, 2.05) is 50.2 Å². The number of amides is 1. The summed E-state index contributed by atoms with van der Waals surface area (Å²) in [7, 11) is 0. The lowest BCUT2D eigenvalue weighted by molar-refractivity contribution is -0.144. The van der Waals surface area contributed by atoms with Crippen LogP contribution in [0.5, 0.6) is 0 Å². The van der Waals surface area contributed by atoms with E-state index in [1.54, 1.807) is 42.9 Å². The fourth-order valence-electron chi connectivity index (χ4n) is 3.49. The molecule has 2 aromatic heterocycles. The number of nitrogens with one attached hydrogen (secondary N) is 2. The number of benzene rings is 2. The molecule has 0 bridgehead atoms. The van der Waals surface area contributed by atoms with Gasteiger partial charge in [-0.15, -0.1) is 0 Å². The van der Waals surface area contributed by atoms with E-state index >= 15 is 0 Å². The summed E-state index contributed by atoms with van der Waals surface area (Å²) in [6.07, 6.45) is 6.32. The summed E-state index contributed by atoms with van der Waals surface area (Å²) in [6.45, 7) is 4.07. The van der Waals surface area contributed by atoms with Gasteiger partial charge in [0, 0.05) is 47.5 Å². The average molecular weight is 482 g/mol. The van der Waals surface area contributed by atoms with Crippen LogP contribution in [-0.4, -0.2) is 26.8 Å². The maximum Gasteiger partial charge on any atom is 0.306 e. The Labute approximate surface area is 209 Å². The minimum Gasteiger partial charge on any atom is -0.461 e. The highest BCUT2D eigenvalue weighted by molar-refractivity contribution is 6.04. The van der Waals surface area contributed by atoms with E-state index in [-0.39, 0.29) is 18.5 Å². The predicted molar refractivity (Wildman–Crippen MR) is 139 cm³/mol. The minimum atomic E-state index is -0.225. The minimum absolute atomic E-state index is 0.198. The van der Waals surface area contributed by atoms with Crippen molar-refractivity contribution in [3.05, 3.63) is 95.9 Å². The summed E-state index contributed by atoms with van der Waals surface area (Å²) in [4.78, 5) is 37.2. The summed E-state index contributed by atoms with van der Waals surface area (Å²) in [6, 6.07) is 18.2. The zero-order valence-corrected chi connectivity index (χ0v) is 20.2. The topological polar surface area (TPSA) is 106 Å². The van der Waals surface area contributed by atoms with Gasteiger partial charge in [0.15, 0.2) is 0 Å². The Morgan fingerprint density at radius 3 is 2.56 bits per heavy atom. The van der Waals surface area contributed by atoms with Gasteiger partial charge in [-0.3, -0.25) is 14.6 Å². The van der Waals surface area contributed by atoms with Crippen LogP contribution in [-0.2, 0) is 16.1 Å². The first kappa shape index (κ1) is 24.5. The molecule has 0 radical (unpaired) electrons. The Hall–Kier alpha value is -4.59. The lowest BCUT2D eigenvalue weighted by Crippen LogP contribution is -2.12. The quantitative estimate of drug-likeness (QED) is 0.296. The van der Waals surface area contributed by atoms with Crippen molar-refractivity contribution in [1.82, 2.24) is 15.0 Å². The third kappa shape index (κ3) is 6.50. The molecule has 0 atom stereocenters. The number of hydrogen-bond acceptors (Lipinski definition) is 7. The van der Waals surface area contributed by atoms with Crippen LogP contribution < -0.4 is 10.6 Å². The highest BCUT2D eigenvalue weighted by Crippen LogP contribution is 2.24. The van der Waals surface area contributed by atoms with Gasteiger partial charge < -0.3 is 15.4 Å². The van der Waals surface area contributed by atoms with Crippen LogP contribution >= 0.6 is 0 Å². The number of nitrogens with zero attached hydrogens (tertiary/aromatic N) is 3. The molecule has 0 saturated heterocycles. The zero-order chi connectivity index (χ0) is 25.3. The van der Waals surface area contributed by atoms with Crippen LogP contribution in [0.25, 0.3) is 11.3 Å². The van der Waals surface area contributed by atoms with E-state index in [0.717, 1.165) is 34.5 Å². The largest absolute Gasteiger partial charge is 0.461 e. The lowest BCUT2D eigenvalue weighted by atomic mass is 10.1. The summed E-state index contributed by atoms with van der Waals surface area (Å²) < 4.78 is 5.20. The Morgan fingerprint density at radius 2 is 1.83 bits per heavy atom. The van der Waals surface area contributed by atoms with E-state index in [4.69, 9.17) is 4.74 Å². The Balaban J connectivity index is 1.37. The molecule has 8 nitrogen and oxygen atoms in total. The number of rotatable bonds is 9. The number of carbonyl (C=O) groups is 2. The van der Waals surface area contributed by atoms with Gasteiger partial charge in [-0.05, 0) is 73.0 Å². The maximum atomic E-state index is 12.7. The molecule has 2 heterocycles. The molecule has 0 saturated carbocycles. The Kier molecular flexibility index (Phi) is 7.97. The van der Waals surface area contributed by atoms with Crippen LogP contribution in [0.2, 0.25) is 0 Å². The number of ether oxygens (including phenoxy) is 1. The van der Waals surface area contributed by atoms with Crippen molar-refractivity contribution in [2.75, 3.05) is 10.6 Å². The average Bonchev–Trinajstić information content (AvgIpc) is 2.90. The van der Waals surface area contributed by atoms with Crippen molar-refractivity contribution >= 4 is 29.2 Å². The second-order valence-electron chi connectivity index (χ2n) is 8.22. The van der Waals surface area contributed by atoms with Crippen molar-refractivity contribution < 1.29 is 14.3 Å². The zero-order valence-electron chi connectivity index (χ0n) is 20.2. The van der Waals surface area contributed by atoms with Gasteiger partial charge >= 0.3 is 5.97 Å². The second kappa shape index (κ2) is 11.7. The molecule has 8 heteroatoms. The molecular weight excluding hydrogens is 454 g/mol. The number of anilines is 3. The molecule has 0 unspecified atom stereocenters. The first-order chi connectivity index (χ1) is 17.5. The molecule has 4 aromatic rings. The Bertz CT molecular complexity index is 1340. The molecule has 0 aliphatic carbocycles. The lowest BCUT2D eigenvalue weighted by Gasteiger charge is -2.12. The highest BCUT2D eigenvalue weighted by Gasteiger charge is 2.10. The van der Waals surface area contributed by atoms with Crippen molar-refractivity contribution in [3.63, 3.8) is 0 Å². The molecule has 182 valence electrons. The summed E-state index contributed by atoms with van der Waals surface area (Å²) >= 11 is 0. The number of pyridine rings is 1. The number of carbonyl (C=O) groups excluding carboxylic acids is 2. The molecule has 0 aliphatic heterocycles. The normalized spacial score (nSPS) is 10.5. The van der Waals surface area contributed by atoms with Crippen LogP contribution in [0.3, 0.4) is 0 Å². The first-order valence-corrected chi connectivity index (χ1v) is 11.7. The molecule has 1 amide bonds. The van der Waals surface area contributed by atoms with Crippen molar-refractivity contribution in [3.8, 4) is 11.3 Å². The first-order valence-electron chi connectivity index (χ1n) is 11.7. The van der Waals surface area contributed by atoms with Gasteiger partial charge in [-0.2, -0.15) is 0 Å². The van der Waals surface area contributed by atoms with Crippen LogP contribution in [0.4, 0.5) is 17.3 Å². The SMILES string of the molecule is CCCC(=O)OCc1ccc(C(=O)Nc2ccc(Nc3nccc(-c4cccnc4)n3)c(C)c2)cc1. The summed E-state index contributed by atoms with van der Waals surface area (Å²) in [5.74, 6) is 0.0224. The van der Waals surface area contributed by atoms with E-state index in [0.29, 0.717) is 23.6 Å². The van der Waals surface area contributed by atoms with E-state index in [9.17, 15) is 9.59 Å². The molecular formula is C28H27N5O3. The monoisotopic (exact) mass is 481 g/mol. The van der Waals surface area contributed by atoms with Crippen LogP contribution in [0.1, 0.15) is 41.3 Å². The molecule has 0 spiro atoms. The van der Waals surface area contributed by atoms with Crippen molar-refractivity contribution in [2.24, 2.45) is 0 Å². The third-order valence-electron chi connectivity index (χ3n) is 5.41. The van der Waals surface area contributed by atoms with Crippen molar-refractivity contribution in [1.29, 1.82) is 0 Å². The van der Waals surface area contributed by atoms with Crippen LogP contribution in [0, 0.1) is 6.92 Å². The van der Waals surface area contributed by atoms with Crippen LogP contribution in [0.15, 0.2) is 79.3 Å². The van der Waals surface area contributed by atoms with Gasteiger partial charge in [0.05, 0.1) is 5.69 Å². The summed E-state index contributed by atoms with van der Waals surface area (Å²) in [5, 5.41) is 6.15. The Morgan fingerprint density at radius 1 is 1.00 bits per heavy atom. The fourth-order valence-corrected chi connectivity index (χ4v) is 3.49. The van der Waals surface area contributed by atoms with Gasteiger partial charge in [-0.25, -0.2) is 9.97 Å². The summed E-state index contributed by atoms with van der Waals surface area (Å²) in [5.41, 5.74) is 5.45. The maximum absolute atomic E-state index is 12.7. The van der Waals surface area contributed by atoms with E-state index < -0.39 is 0 Å². The number of hydrogen-bond donors (Lipinski definition) is 2. The molecule has 0 aliphatic rings. The fraction of sp³-hybridized carbons (Fsp3) is 0.179. The van der Waals surface area contributed by atoms with Gasteiger partial charge in [0.1, 0.15) is 6.61 Å². The van der Waals surface area contributed by atoms with Gasteiger partial charge in [0.2, 0.25) is 5.95 Å². The number of aromatic nitrogens is 3. The highest BCUT2D eigenvalue weighted by atomic mass is 16.5. The second-order valence-corrected chi connectivity index (χ2v) is 8.22. The molecule has 0 fully saturated rings. The molecule has 2 N–H and O–H groups in total. The number of aryl methyl sites for hydroxylation is 1. The number of esters is 1. The third-order valence-corrected chi connectivity index (χ3v) is 5.41. The molecule has 36 heavy (non-hydrogen) atoms. The van der Waals surface area contributed by atoms with E-state index in [1.165, 1.54) is 0 Å². The van der Waals surface area contributed by atoms with Crippen molar-refractivity contribution in [2.45, 2.75) is 33.3 Å². The van der Waals surface area contributed by atoms with Gasteiger partial charge in [-0.1, -0.05) is 19.1 Å².